The van der Waals surface area contributed by atoms with E-state index in [1.807, 2.05) is 49.4 Å². The predicted molar refractivity (Wildman–Crippen MR) is 101 cm³/mol. The van der Waals surface area contributed by atoms with E-state index in [1.165, 1.54) is 11.3 Å². The lowest BCUT2D eigenvalue weighted by Gasteiger charge is -2.31. The van der Waals surface area contributed by atoms with Gasteiger partial charge in [-0.15, -0.1) is 11.3 Å². The molecule has 1 N–H and O–H groups in total. The molecule has 1 aliphatic rings. The van der Waals surface area contributed by atoms with Gasteiger partial charge in [-0.2, -0.15) is 4.98 Å². The second-order valence-electron chi connectivity index (χ2n) is 6.41. The Morgan fingerprint density at radius 2 is 1.96 bits per heavy atom. The quantitative estimate of drug-likeness (QED) is 0.763. The van der Waals surface area contributed by atoms with Crippen LogP contribution in [-0.4, -0.2) is 35.2 Å². The minimum absolute atomic E-state index is 0.0208. The molecule has 1 aromatic carbocycles. The van der Waals surface area contributed by atoms with Crippen LogP contribution in [0.1, 0.15) is 27.4 Å². The Morgan fingerprint density at radius 1 is 1.19 bits per heavy atom. The number of carbonyl (C=O) groups is 1. The van der Waals surface area contributed by atoms with Crippen LogP contribution in [0.15, 0.2) is 47.0 Å². The number of carbonyl (C=O) groups excluding carboxylic acids is 1. The summed E-state index contributed by atoms with van der Waals surface area (Å²) >= 11 is 1.53. The molecule has 26 heavy (non-hydrogen) atoms. The van der Waals surface area contributed by atoms with E-state index in [4.69, 9.17) is 4.52 Å². The van der Waals surface area contributed by atoms with E-state index in [0.29, 0.717) is 11.8 Å². The lowest BCUT2D eigenvalue weighted by molar-refractivity contribution is 0.0935. The van der Waals surface area contributed by atoms with Gasteiger partial charge in [0.2, 0.25) is 0 Å². The molecule has 0 saturated carbocycles. The molecule has 3 aromatic rings. The Morgan fingerprint density at radius 3 is 2.65 bits per heavy atom. The summed E-state index contributed by atoms with van der Waals surface area (Å²) in [7, 11) is 0. The van der Waals surface area contributed by atoms with Crippen LogP contribution in [0.4, 0.5) is 5.95 Å². The van der Waals surface area contributed by atoms with E-state index in [9.17, 15) is 4.79 Å². The van der Waals surface area contributed by atoms with Gasteiger partial charge < -0.3 is 14.7 Å². The first kappa shape index (κ1) is 16.8. The standard InChI is InChI=1S/C19H20N4O2S/c1-13-7-8-16(26-13)17(24)20-15-9-11-23(12-10-15)19-21-18(25-22-19)14-5-3-2-4-6-14/h2-8,15H,9-12H2,1H3,(H,20,24). The van der Waals surface area contributed by atoms with Gasteiger partial charge in [0.1, 0.15) is 0 Å². The molecular weight excluding hydrogens is 348 g/mol. The molecule has 134 valence electrons. The van der Waals surface area contributed by atoms with Crippen molar-refractivity contribution < 1.29 is 9.32 Å². The molecular formula is C19H20N4O2S. The van der Waals surface area contributed by atoms with Crippen LogP contribution < -0.4 is 10.2 Å². The van der Waals surface area contributed by atoms with Gasteiger partial charge in [0.15, 0.2) is 0 Å². The van der Waals surface area contributed by atoms with Crippen LogP contribution in [0.2, 0.25) is 0 Å². The van der Waals surface area contributed by atoms with E-state index in [1.54, 1.807) is 0 Å². The van der Waals surface area contributed by atoms with Crippen LogP contribution in [0.3, 0.4) is 0 Å². The molecule has 0 unspecified atom stereocenters. The SMILES string of the molecule is Cc1ccc(C(=O)NC2CCN(c3noc(-c4ccccc4)n3)CC2)s1. The van der Waals surface area contributed by atoms with Crippen molar-refractivity contribution in [3.63, 3.8) is 0 Å². The highest BCUT2D eigenvalue weighted by molar-refractivity contribution is 7.13. The summed E-state index contributed by atoms with van der Waals surface area (Å²) in [5, 5.41) is 7.24. The summed E-state index contributed by atoms with van der Waals surface area (Å²) in [6.45, 7) is 3.60. The van der Waals surface area contributed by atoms with Crippen molar-refractivity contribution in [2.75, 3.05) is 18.0 Å². The number of hydrogen-bond donors (Lipinski definition) is 1. The van der Waals surface area contributed by atoms with Crippen LogP contribution in [-0.2, 0) is 0 Å². The number of nitrogens with zero attached hydrogens (tertiary/aromatic N) is 3. The molecule has 0 radical (unpaired) electrons. The monoisotopic (exact) mass is 368 g/mol. The van der Waals surface area contributed by atoms with Crippen LogP contribution >= 0.6 is 11.3 Å². The highest BCUT2D eigenvalue weighted by Gasteiger charge is 2.24. The van der Waals surface area contributed by atoms with E-state index in [0.717, 1.165) is 41.2 Å². The van der Waals surface area contributed by atoms with Gasteiger partial charge in [-0.1, -0.05) is 18.2 Å². The first-order valence-corrected chi connectivity index (χ1v) is 9.52. The molecule has 1 aliphatic heterocycles. The number of thiophene rings is 1. The minimum atomic E-state index is 0.0208. The summed E-state index contributed by atoms with van der Waals surface area (Å²) in [5.41, 5.74) is 0.916. The second-order valence-corrected chi connectivity index (χ2v) is 7.70. The largest absolute Gasteiger partial charge is 0.348 e. The third-order valence-electron chi connectivity index (χ3n) is 4.51. The predicted octanol–water partition coefficient (Wildman–Crippen LogP) is 3.51. The van der Waals surface area contributed by atoms with Crippen molar-refractivity contribution in [3.05, 3.63) is 52.2 Å². The third kappa shape index (κ3) is 3.62. The minimum Gasteiger partial charge on any atom is -0.348 e. The molecule has 0 bridgehead atoms. The van der Waals surface area contributed by atoms with E-state index >= 15 is 0 Å². The van der Waals surface area contributed by atoms with Crippen molar-refractivity contribution >= 4 is 23.2 Å². The lowest BCUT2D eigenvalue weighted by Crippen LogP contribution is -2.44. The third-order valence-corrected chi connectivity index (χ3v) is 5.51. The zero-order valence-corrected chi connectivity index (χ0v) is 15.3. The number of aromatic nitrogens is 2. The lowest BCUT2D eigenvalue weighted by atomic mass is 10.1. The number of hydrogen-bond acceptors (Lipinski definition) is 6. The first-order chi connectivity index (χ1) is 12.7. The molecule has 1 fully saturated rings. The fourth-order valence-electron chi connectivity index (χ4n) is 3.08. The van der Waals surface area contributed by atoms with E-state index in [2.05, 4.69) is 20.4 Å². The molecule has 7 heteroatoms. The number of rotatable bonds is 4. The number of nitrogens with one attached hydrogen (secondary N) is 1. The Hall–Kier alpha value is -2.67. The molecule has 3 heterocycles. The Bertz CT molecular complexity index is 882. The fraction of sp³-hybridized carbons (Fsp3) is 0.316. The summed E-state index contributed by atoms with van der Waals surface area (Å²) < 4.78 is 5.38. The molecule has 6 nitrogen and oxygen atoms in total. The van der Waals surface area contributed by atoms with Gasteiger partial charge >= 0.3 is 0 Å². The number of aryl methyl sites for hydroxylation is 1. The molecule has 0 spiro atoms. The Kier molecular flexibility index (Phi) is 4.71. The molecule has 1 saturated heterocycles. The topological polar surface area (TPSA) is 71.3 Å². The van der Waals surface area contributed by atoms with Gasteiger partial charge in [0.25, 0.3) is 17.7 Å². The van der Waals surface area contributed by atoms with Gasteiger partial charge in [0.05, 0.1) is 4.88 Å². The summed E-state index contributed by atoms with van der Waals surface area (Å²) in [6.07, 6.45) is 1.73. The maximum atomic E-state index is 12.3. The Labute approximate surface area is 155 Å². The highest BCUT2D eigenvalue weighted by Crippen LogP contribution is 2.23. The van der Waals surface area contributed by atoms with Crippen molar-refractivity contribution in [1.82, 2.24) is 15.5 Å². The smallest absolute Gasteiger partial charge is 0.266 e. The number of benzene rings is 1. The fourth-order valence-corrected chi connectivity index (χ4v) is 3.85. The van der Waals surface area contributed by atoms with Crippen molar-refractivity contribution in [2.24, 2.45) is 0 Å². The van der Waals surface area contributed by atoms with E-state index < -0.39 is 0 Å². The molecule has 1 amide bonds. The van der Waals surface area contributed by atoms with Crippen LogP contribution in [0, 0.1) is 6.92 Å². The molecule has 4 rings (SSSR count). The highest BCUT2D eigenvalue weighted by atomic mass is 32.1. The molecule has 0 atom stereocenters. The molecule has 2 aromatic heterocycles. The van der Waals surface area contributed by atoms with Crippen LogP contribution in [0.5, 0.6) is 0 Å². The average molecular weight is 368 g/mol. The normalized spacial score (nSPS) is 15.2. The Balaban J connectivity index is 1.34. The van der Waals surface area contributed by atoms with Gasteiger partial charge in [0, 0.05) is 29.6 Å². The van der Waals surface area contributed by atoms with E-state index in [-0.39, 0.29) is 11.9 Å². The second kappa shape index (κ2) is 7.29. The van der Waals surface area contributed by atoms with Gasteiger partial charge in [-0.05, 0) is 49.2 Å². The van der Waals surface area contributed by atoms with Gasteiger partial charge in [-0.25, -0.2) is 0 Å². The van der Waals surface area contributed by atoms with Crippen molar-refractivity contribution in [2.45, 2.75) is 25.8 Å². The molecule has 0 aliphatic carbocycles. The van der Waals surface area contributed by atoms with Crippen molar-refractivity contribution in [1.29, 1.82) is 0 Å². The zero-order chi connectivity index (χ0) is 17.9. The summed E-state index contributed by atoms with van der Waals surface area (Å²) in [4.78, 5) is 20.8. The average Bonchev–Trinajstić information content (AvgIpc) is 3.32. The van der Waals surface area contributed by atoms with Crippen molar-refractivity contribution in [3.8, 4) is 11.5 Å². The van der Waals surface area contributed by atoms with Gasteiger partial charge in [-0.3, -0.25) is 4.79 Å². The zero-order valence-electron chi connectivity index (χ0n) is 14.5. The maximum absolute atomic E-state index is 12.3. The summed E-state index contributed by atoms with van der Waals surface area (Å²) in [5.74, 6) is 1.17. The number of amides is 1. The van der Waals surface area contributed by atoms with Crippen LogP contribution in [0.25, 0.3) is 11.5 Å². The first-order valence-electron chi connectivity index (χ1n) is 8.70. The number of anilines is 1. The maximum Gasteiger partial charge on any atom is 0.266 e. The summed E-state index contributed by atoms with van der Waals surface area (Å²) in [6, 6.07) is 13.8. The number of piperidine rings is 1.